The van der Waals surface area contributed by atoms with Crippen molar-refractivity contribution in [2.24, 2.45) is 0 Å². The molecule has 0 aliphatic rings. The van der Waals surface area contributed by atoms with Crippen LogP contribution in [0.3, 0.4) is 0 Å². The number of aryl methyl sites for hydroxylation is 2. The molecule has 0 aliphatic carbocycles. The molecule has 0 saturated carbocycles. The van der Waals surface area contributed by atoms with Gasteiger partial charge < -0.3 is 0 Å². The molecule has 0 bridgehead atoms. The Balaban J connectivity index is 2.18. The summed E-state index contributed by atoms with van der Waals surface area (Å²) in [5, 5.41) is 0.861. The van der Waals surface area contributed by atoms with E-state index in [-0.39, 0.29) is 11.4 Å². The Kier molecular flexibility index (Phi) is 5.80. The van der Waals surface area contributed by atoms with Gasteiger partial charge in [0, 0.05) is 15.6 Å². The first kappa shape index (κ1) is 19.7. The Labute approximate surface area is 170 Å². The minimum absolute atomic E-state index is 0.0403. The second-order valence-corrected chi connectivity index (χ2v) is 9.05. The van der Waals surface area contributed by atoms with Gasteiger partial charge in [0.15, 0.2) is 0 Å². The number of halogens is 2. The normalized spacial score (nSPS) is 11.4. The Morgan fingerprint density at radius 2 is 1.37 bits per heavy atom. The molecule has 0 radical (unpaired) electrons. The highest BCUT2D eigenvalue weighted by atomic mass is 35.5. The van der Waals surface area contributed by atoms with Gasteiger partial charge in [-0.05, 0) is 61.4 Å². The average molecular weight is 420 g/mol. The van der Waals surface area contributed by atoms with Gasteiger partial charge in [0.2, 0.25) is 0 Å². The summed E-state index contributed by atoms with van der Waals surface area (Å²) >= 11 is 12.6. The van der Waals surface area contributed by atoms with Gasteiger partial charge in [0.05, 0.1) is 17.1 Å². The average Bonchev–Trinajstić information content (AvgIpc) is 2.61. The van der Waals surface area contributed by atoms with E-state index in [1.165, 1.54) is 4.31 Å². The molecule has 0 spiro atoms. The van der Waals surface area contributed by atoms with Crippen molar-refractivity contribution in [2.45, 2.75) is 25.3 Å². The van der Waals surface area contributed by atoms with Gasteiger partial charge in [-0.25, -0.2) is 8.42 Å². The molecule has 3 aromatic rings. The number of nitrogens with zero attached hydrogens (tertiary/aromatic N) is 1. The molecule has 6 heteroatoms. The van der Waals surface area contributed by atoms with E-state index < -0.39 is 10.0 Å². The van der Waals surface area contributed by atoms with Crippen LogP contribution in [0, 0.1) is 13.8 Å². The van der Waals surface area contributed by atoms with Crippen molar-refractivity contribution in [3.63, 3.8) is 0 Å². The Bertz CT molecular complexity index is 1030. The van der Waals surface area contributed by atoms with Gasteiger partial charge in [-0.15, -0.1) is 0 Å². The van der Waals surface area contributed by atoms with Gasteiger partial charge in [0.25, 0.3) is 10.0 Å². The number of benzene rings is 3. The van der Waals surface area contributed by atoms with Crippen LogP contribution in [-0.4, -0.2) is 8.42 Å². The van der Waals surface area contributed by atoms with Crippen LogP contribution < -0.4 is 4.31 Å². The predicted octanol–water partition coefficient (Wildman–Crippen LogP) is 6.01. The first-order chi connectivity index (χ1) is 12.8. The van der Waals surface area contributed by atoms with Crippen LogP contribution >= 0.6 is 23.2 Å². The lowest BCUT2D eigenvalue weighted by Gasteiger charge is -2.26. The molecule has 27 heavy (non-hydrogen) atoms. The molecule has 0 amide bonds. The van der Waals surface area contributed by atoms with Crippen molar-refractivity contribution in [3.8, 4) is 0 Å². The second kappa shape index (κ2) is 7.93. The molecule has 0 aliphatic heterocycles. The zero-order chi connectivity index (χ0) is 19.6. The van der Waals surface area contributed by atoms with Crippen molar-refractivity contribution in [1.29, 1.82) is 0 Å². The summed E-state index contributed by atoms with van der Waals surface area (Å²) in [5.41, 5.74) is 3.10. The van der Waals surface area contributed by atoms with Crippen molar-refractivity contribution < 1.29 is 8.42 Å². The molecular weight excluding hydrogens is 401 g/mol. The molecule has 0 atom stereocenters. The Morgan fingerprint density at radius 3 is 1.93 bits per heavy atom. The lowest BCUT2D eigenvalue weighted by Crippen LogP contribution is -2.31. The first-order valence-electron chi connectivity index (χ1n) is 8.38. The lowest BCUT2D eigenvalue weighted by molar-refractivity contribution is 0.590. The summed E-state index contributed by atoms with van der Waals surface area (Å²) in [6.07, 6.45) is 0. The number of hydrogen-bond acceptors (Lipinski definition) is 2. The van der Waals surface area contributed by atoms with Crippen LogP contribution in [0.2, 0.25) is 10.0 Å². The van der Waals surface area contributed by atoms with Gasteiger partial charge in [-0.1, -0.05) is 53.5 Å². The maximum Gasteiger partial charge on any atom is 0.264 e. The van der Waals surface area contributed by atoms with Crippen LogP contribution in [0.15, 0.2) is 71.6 Å². The summed E-state index contributed by atoms with van der Waals surface area (Å²) < 4.78 is 28.2. The maximum absolute atomic E-state index is 13.4. The standard InChI is InChI=1S/C21H19Cl2NO2S/c1-15-11-16(2)13-17(12-15)24(14-19-20(22)9-6-10-21(19)23)27(25,26)18-7-4-3-5-8-18/h3-13H,14H2,1-2H3. The van der Waals surface area contributed by atoms with E-state index in [0.29, 0.717) is 21.3 Å². The maximum atomic E-state index is 13.4. The van der Waals surface area contributed by atoms with Crippen molar-refractivity contribution in [1.82, 2.24) is 0 Å². The fourth-order valence-corrected chi connectivity index (χ4v) is 4.91. The van der Waals surface area contributed by atoms with Crippen molar-refractivity contribution >= 4 is 38.9 Å². The summed E-state index contributed by atoms with van der Waals surface area (Å²) in [7, 11) is -3.80. The van der Waals surface area contributed by atoms with Crippen LogP contribution in [0.4, 0.5) is 5.69 Å². The zero-order valence-electron chi connectivity index (χ0n) is 15.0. The molecule has 0 N–H and O–H groups in total. The summed E-state index contributed by atoms with van der Waals surface area (Å²) in [6, 6.07) is 19.2. The van der Waals surface area contributed by atoms with Crippen LogP contribution in [0.5, 0.6) is 0 Å². The first-order valence-corrected chi connectivity index (χ1v) is 10.6. The highest BCUT2D eigenvalue weighted by Gasteiger charge is 2.27. The highest BCUT2D eigenvalue weighted by Crippen LogP contribution is 2.32. The van der Waals surface area contributed by atoms with Crippen LogP contribution in [0.1, 0.15) is 16.7 Å². The zero-order valence-corrected chi connectivity index (χ0v) is 17.3. The van der Waals surface area contributed by atoms with Gasteiger partial charge in [-0.2, -0.15) is 0 Å². The van der Waals surface area contributed by atoms with E-state index in [1.54, 1.807) is 48.5 Å². The molecule has 0 aromatic heterocycles. The molecule has 3 rings (SSSR count). The number of hydrogen-bond donors (Lipinski definition) is 0. The number of sulfonamides is 1. The van der Waals surface area contributed by atoms with Crippen molar-refractivity contribution in [3.05, 3.63) is 93.5 Å². The molecule has 3 nitrogen and oxygen atoms in total. The minimum Gasteiger partial charge on any atom is -0.262 e. The van der Waals surface area contributed by atoms with Crippen molar-refractivity contribution in [2.75, 3.05) is 4.31 Å². The predicted molar refractivity (Wildman–Crippen MR) is 112 cm³/mol. The summed E-state index contributed by atoms with van der Waals surface area (Å²) in [6.45, 7) is 3.91. The van der Waals surface area contributed by atoms with E-state index in [2.05, 4.69) is 0 Å². The summed E-state index contributed by atoms with van der Waals surface area (Å²) in [4.78, 5) is 0.215. The molecule has 140 valence electrons. The molecule has 3 aromatic carbocycles. The fourth-order valence-electron chi connectivity index (χ4n) is 2.96. The lowest BCUT2D eigenvalue weighted by atomic mass is 10.1. The van der Waals surface area contributed by atoms with Crippen LogP contribution in [-0.2, 0) is 16.6 Å². The van der Waals surface area contributed by atoms with E-state index in [4.69, 9.17) is 23.2 Å². The summed E-state index contributed by atoms with van der Waals surface area (Å²) in [5.74, 6) is 0. The Hall–Kier alpha value is -2.01. The topological polar surface area (TPSA) is 37.4 Å². The molecule has 0 unspecified atom stereocenters. The van der Waals surface area contributed by atoms with E-state index in [0.717, 1.165) is 11.1 Å². The van der Waals surface area contributed by atoms with E-state index in [9.17, 15) is 8.42 Å². The second-order valence-electron chi connectivity index (χ2n) is 6.37. The minimum atomic E-state index is -3.80. The highest BCUT2D eigenvalue weighted by molar-refractivity contribution is 7.92. The third kappa shape index (κ3) is 4.29. The fraction of sp³-hybridized carbons (Fsp3) is 0.143. The molecular formula is C21H19Cl2NO2S. The van der Waals surface area contributed by atoms with Gasteiger partial charge >= 0.3 is 0 Å². The molecule has 0 saturated heterocycles. The van der Waals surface area contributed by atoms with E-state index >= 15 is 0 Å². The third-order valence-electron chi connectivity index (χ3n) is 4.19. The van der Waals surface area contributed by atoms with Gasteiger partial charge in [-0.3, -0.25) is 4.31 Å². The molecule has 0 heterocycles. The van der Waals surface area contributed by atoms with Gasteiger partial charge in [0.1, 0.15) is 0 Å². The smallest absolute Gasteiger partial charge is 0.262 e. The Morgan fingerprint density at radius 1 is 0.815 bits per heavy atom. The third-order valence-corrected chi connectivity index (χ3v) is 6.69. The number of rotatable bonds is 5. The quantitative estimate of drug-likeness (QED) is 0.507. The monoisotopic (exact) mass is 419 g/mol. The van der Waals surface area contributed by atoms with Crippen LogP contribution in [0.25, 0.3) is 0 Å². The molecule has 0 fully saturated rings. The number of anilines is 1. The van der Waals surface area contributed by atoms with E-state index in [1.807, 2.05) is 32.0 Å². The SMILES string of the molecule is Cc1cc(C)cc(N(Cc2c(Cl)cccc2Cl)S(=O)(=O)c2ccccc2)c1. The largest absolute Gasteiger partial charge is 0.264 e.